The van der Waals surface area contributed by atoms with Gasteiger partial charge in [-0.1, -0.05) is 38.1 Å². The van der Waals surface area contributed by atoms with Crippen LogP contribution < -0.4 is 9.47 Å². The minimum Gasteiger partial charge on any atom is -0.490 e. The van der Waals surface area contributed by atoms with Crippen LogP contribution in [0, 0.1) is 0 Å². The van der Waals surface area contributed by atoms with Gasteiger partial charge in [0, 0.05) is 0 Å². The molecule has 116 valence electrons. The van der Waals surface area contributed by atoms with E-state index in [1.807, 2.05) is 24.3 Å². The number of rotatable bonds is 7. The van der Waals surface area contributed by atoms with Crippen LogP contribution in [0.2, 0.25) is 0 Å². The van der Waals surface area contributed by atoms with Crippen molar-refractivity contribution in [2.45, 2.75) is 26.7 Å². The van der Waals surface area contributed by atoms with Crippen LogP contribution in [0.4, 0.5) is 0 Å². The monoisotopic (exact) mass is 298 g/mol. The third-order valence-electron chi connectivity index (χ3n) is 3.42. The van der Waals surface area contributed by atoms with Crippen molar-refractivity contribution in [2.24, 2.45) is 0 Å². The SMILES string of the molecule is CC(=O)c1ccccc1OCCOc1ccc(C(C)C)cc1. The van der Waals surface area contributed by atoms with Crippen molar-refractivity contribution in [3.8, 4) is 11.5 Å². The van der Waals surface area contributed by atoms with E-state index in [9.17, 15) is 4.79 Å². The van der Waals surface area contributed by atoms with Gasteiger partial charge in [-0.3, -0.25) is 4.79 Å². The Morgan fingerprint density at radius 3 is 2.23 bits per heavy atom. The Kier molecular flexibility index (Phi) is 5.59. The minimum atomic E-state index is 0.000734. The molecule has 0 bridgehead atoms. The number of carbonyl (C=O) groups is 1. The van der Waals surface area contributed by atoms with E-state index in [0.717, 1.165) is 5.75 Å². The van der Waals surface area contributed by atoms with Gasteiger partial charge in [0.1, 0.15) is 24.7 Å². The molecule has 0 atom stereocenters. The molecule has 0 aliphatic rings. The Bertz CT molecular complexity index is 615. The molecule has 2 aromatic carbocycles. The standard InChI is InChI=1S/C19H22O3/c1-14(2)16-8-10-17(11-9-16)21-12-13-22-19-7-5-4-6-18(19)15(3)20/h4-11,14H,12-13H2,1-3H3. The lowest BCUT2D eigenvalue weighted by atomic mass is 10.0. The third-order valence-corrected chi connectivity index (χ3v) is 3.42. The minimum absolute atomic E-state index is 0.000734. The number of ether oxygens (including phenoxy) is 2. The summed E-state index contributed by atoms with van der Waals surface area (Å²) >= 11 is 0. The van der Waals surface area contributed by atoms with E-state index in [0.29, 0.717) is 30.4 Å². The second-order valence-electron chi connectivity index (χ2n) is 5.47. The fourth-order valence-electron chi connectivity index (χ4n) is 2.14. The molecule has 0 amide bonds. The van der Waals surface area contributed by atoms with Crippen LogP contribution in [0.25, 0.3) is 0 Å². The molecule has 0 radical (unpaired) electrons. The number of hydrogen-bond acceptors (Lipinski definition) is 3. The van der Waals surface area contributed by atoms with Gasteiger partial charge in [-0.15, -0.1) is 0 Å². The summed E-state index contributed by atoms with van der Waals surface area (Å²) in [6.45, 7) is 6.70. The van der Waals surface area contributed by atoms with Gasteiger partial charge in [0.2, 0.25) is 0 Å². The zero-order chi connectivity index (χ0) is 15.9. The highest BCUT2D eigenvalue weighted by Crippen LogP contribution is 2.20. The van der Waals surface area contributed by atoms with Crippen molar-refractivity contribution in [1.29, 1.82) is 0 Å². The van der Waals surface area contributed by atoms with Crippen LogP contribution in [0.1, 0.15) is 42.6 Å². The van der Waals surface area contributed by atoms with Crippen LogP contribution in [-0.2, 0) is 0 Å². The average Bonchev–Trinajstić information content (AvgIpc) is 2.52. The molecule has 3 heteroatoms. The maximum absolute atomic E-state index is 11.5. The molecule has 2 aromatic rings. The number of para-hydroxylation sites is 1. The predicted molar refractivity (Wildman–Crippen MR) is 88.0 cm³/mol. The van der Waals surface area contributed by atoms with Gasteiger partial charge in [0.05, 0.1) is 5.56 Å². The fraction of sp³-hybridized carbons (Fsp3) is 0.316. The summed E-state index contributed by atoms with van der Waals surface area (Å²) in [6.07, 6.45) is 0. The Hall–Kier alpha value is -2.29. The maximum Gasteiger partial charge on any atom is 0.163 e. The Labute approximate surface area is 131 Å². The molecule has 0 aliphatic carbocycles. The second kappa shape index (κ2) is 7.64. The quantitative estimate of drug-likeness (QED) is 0.559. The first kappa shape index (κ1) is 16.1. The first-order chi connectivity index (χ1) is 10.6. The second-order valence-corrected chi connectivity index (χ2v) is 5.47. The fourth-order valence-corrected chi connectivity index (χ4v) is 2.14. The summed E-state index contributed by atoms with van der Waals surface area (Å²) < 4.78 is 11.3. The van der Waals surface area contributed by atoms with Crippen LogP contribution in [0.3, 0.4) is 0 Å². The van der Waals surface area contributed by atoms with Gasteiger partial charge in [0.25, 0.3) is 0 Å². The van der Waals surface area contributed by atoms with Gasteiger partial charge in [-0.25, -0.2) is 0 Å². The van der Waals surface area contributed by atoms with Gasteiger partial charge in [-0.2, -0.15) is 0 Å². The van der Waals surface area contributed by atoms with E-state index in [1.54, 1.807) is 12.1 Å². The number of ketones is 1. The lowest BCUT2D eigenvalue weighted by molar-refractivity contribution is 0.101. The molecule has 0 spiro atoms. The molecule has 0 saturated heterocycles. The molecule has 0 N–H and O–H groups in total. The molecule has 2 rings (SSSR count). The Morgan fingerprint density at radius 2 is 1.59 bits per heavy atom. The molecule has 0 aliphatic heterocycles. The third kappa shape index (κ3) is 4.35. The molecule has 22 heavy (non-hydrogen) atoms. The Morgan fingerprint density at radius 1 is 0.955 bits per heavy atom. The summed E-state index contributed by atoms with van der Waals surface area (Å²) in [4.78, 5) is 11.5. The number of benzene rings is 2. The van der Waals surface area contributed by atoms with Crippen molar-refractivity contribution in [3.63, 3.8) is 0 Å². The lowest BCUT2D eigenvalue weighted by Gasteiger charge is -2.11. The van der Waals surface area contributed by atoms with Crippen molar-refractivity contribution in [3.05, 3.63) is 59.7 Å². The van der Waals surface area contributed by atoms with Crippen LogP contribution in [0.5, 0.6) is 11.5 Å². The van der Waals surface area contributed by atoms with Crippen LogP contribution >= 0.6 is 0 Å². The van der Waals surface area contributed by atoms with E-state index in [4.69, 9.17) is 9.47 Å². The van der Waals surface area contributed by atoms with Gasteiger partial charge >= 0.3 is 0 Å². The average molecular weight is 298 g/mol. The number of Topliss-reactive ketones (excluding diaryl/α,β-unsaturated/α-hetero) is 1. The molecule has 0 unspecified atom stereocenters. The summed E-state index contributed by atoms with van der Waals surface area (Å²) in [6, 6.07) is 15.3. The molecule has 0 aromatic heterocycles. The van der Waals surface area contributed by atoms with E-state index in [-0.39, 0.29) is 5.78 Å². The molecule has 0 saturated carbocycles. The van der Waals surface area contributed by atoms with E-state index in [2.05, 4.69) is 26.0 Å². The first-order valence-corrected chi connectivity index (χ1v) is 7.53. The van der Waals surface area contributed by atoms with Crippen molar-refractivity contribution >= 4 is 5.78 Å². The topological polar surface area (TPSA) is 35.5 Å². The van der Waals surface area contributed by atoms with E-state index >= 15 is 0 Å². The highest BCUT2D eigenvalue weighted by molar-refractivity contribution is 5.96. The summed E-state index contributed by atoms with van der Waals surface area (Å²) in [7, 11) is 0. The predicted octanol–water partition coefficient (Wildman–Crippen LogP) is 4.47. The highest BCUT2D eigenvalue weighted by atomic mass is 16.5. The van der Waals surface area contributed by atoms with Gasteiger partial charge in [0.15, 0.2) is 5.78 Å². The van der Waals surface area contributed by atoms with Gasteiger partial charge in [-0.05, 0) is 42.7 Å². The molecule has 0 fully saturated rings. The summed E-state index contributed by atoms with van der Waals surface area (Å²) in [5, 5.41) is 0. The van der Waals surface area contributed by atoms with E-state index < -0.39 is 0 Å². The summed E-state index contributed by atoms with van der Waals surface area (Å²) in [5.74, 6) is 1.95. The maximum atomic E-state index is 11.5. The molecular formula is C19H22O3. The molecule has 0 heterocycles. The number of carbonyl (C=O) groups excluding carboxylic acids is 1. The van der Waals surface area contributed by atoms with Crippen molar-refractivity contribution in [2.75, 3.05) is 13.2 Å². The smallest absolute Gasteiger partial charge is 0.163 e. The Balaban J connectivity index is 1.83. The zero-order valence-electron chi connectivity index (χ0n) is 13.3. The van der Waals surface area contributed by atoms with Crippen LogP contribution in [-0.4, -0.2) is 19.0 Å². The van der Waals surface area contributed by atoms with Crippen LogP contribution in [0.15, 0.2) is 48.5 Å². The first-order valence-electron chi connectivity index (χ1n) is 7.53. The normalized spacial score (nSPS) is 10.5. The number of hydrogen-bond donors (Lipinski definition) is 0. The highest BCUT2D eigenvalue weighted by Gasteiger charge is 2.07. The van der Waals surface area contributed by atoms with E-state index in [1.165, 1.54) is 12.5 Å². The van der Waals surface area contributed by atoms with Crippen molar-refractivity contribution < 1.29 is 14.3 Å². The molecular weight excluding hydrogens is 276 g/mol. The largest absolute Gasteiger partial charge is 0.490 e. The van der Waals surface area contributed by atoms with Gasteiger partial charge < -0.3 is 9.47 Å². The van der Waals surface area contributed by atoms with Crippen molar-refractivity contribution in [1.82, 2.24) is 0 Å². The molecule has 3 nitrogen and oxygen atoms in total. The summed E-state index contributed by atoms with van der Waals surface area (Å²) in [5.41, 5.74) is 1.89. The zero-order valence-corrected chi connectivity index (χ0v) is 13.3. The lowest BCUT2D eigenvalue weighted by Crippen LogP contribution is -2.10.